The summed E-state index contributed by atoms with van der Waals surface area (Å²) < 4.78 is 5.28. The monoisotopic (exact) mass is 405 g/mol. The van der Waals surface area contributed by atoms with E-state index in [0.717, 1.165) is 31.6 Å². The number of carbonyl (C=O) groups is 1. The number of methoxy groups -OCH3 is 1. The van der Waals surface area contributed by atoms with E-state index in [-0.39, 0.29) is 5.92 Å². The Kier molecular flexibility index (Phi) is 6.46. The molecule has 0 N–H and O–H groups in total. The van der Waals surface area contributed by atoms with Crippen molar-refractivity contribution in [2.45, 2.75) is 63.7 Å². The van der Waals surface area contributed by atoms with E-state index in [1.165, 1.54) is 47.9 Å². The molecule has 1 saturated carbocycles. The van der Waals surface area contributed by atoms with Gasteiger partial charge in [-0.05, 0) is 71.9 Å². The van der Waals surface area contributed by atoms with Crippen molar-refractivity contribution in [2.75, 3.05) is 20.7 Å². The van der Waals surface area contributed by atoms with Crippen molar-refractivity contribution >= 4 is 5.91 Å². The Labute approximate surface area is 181 Å². The molecule has 0 aromatic heterocycles. The van der Waals surface area contributed by atoms with Gasteiger partial charge < -0.3 is 9.64 Å². The third-order valence-electron chi connectivity index (χ3n) is 7.26. The van der Waals surface area contributed by atoms with Crippen LogP contribution in [0.25, 0.3) is 11.1 Å². The molecule has 0 heterocycles. The minimum atomic E-state index is 0.269. The maximum atomic E-state index is 12.8. The van der Waals surface area contributed by atoms with Crippen molar-refractivity contribution in [2.24, 2.45) is 5.92 Å². The van der Waals surface area contributed by atoms with Crippen molar-refractivity contribution < 1.29 is 9.53 Å². The summed E-state index contributed by atoms with van der Waals surface area (Å²) in [5.41, 5.74) is 5.47. The molecular weight excluding hydrogens is 370 g/mol. The largest absolute Gasteiger partial charge is 0.497 e. The van der Waals surface area contributed by atoms with Crippen LogP contribution in [-0.4, -0.2) is 31.5 Å². The van der Waals surface area contributed by atoms with Gasteiger partial charge in [0.05, 0.1) is 7.11 Å². The fourth-order valence-corrected chi connectivity index (χ4v) is 5.41. The zero-order chi connectivity index (χ0) is 21.1. The fourth-order valence-electron chi connectivity index (χ4n) is 5.41. The van der Waals surface area contributed by atoms with Gasteiger partial charge in [-0.15, -0.1) is 0 Å². The van der Waals surface area contributed by atoms with Crippen LogP contribution < -0.4 is 4.74 Å². The van der Waals surface area contributed by atoms with Gasteiger partial charge in [0.2, 0.25) is 5.91 Å². The molecule has 30 heavy (non-hydrogen) atoms. The van der Waals surface area contributed by atoms with Crippen LogP contribution in [0.2, 0.25) is 0 Å². The summed E-state index contributed by atoms with van der Waals surface area (Å²) in [6.07, 6.45) is 8.15. The van der Waals surface area contributed by atoms with Crippen molar-refractivity contribution in [3.63, 3.8) is 0 Å². The van der Waals surface area contributed by atoms with E-state index in [9.17, 15) is 4.79 Å². The number of nitrogens with zero attached hydrogens (tertiary/aromatic N) is 1. The average molecular weight is 406 g/mol. The first-order valence-corrected chi connectivity index (χ1v) is 11.6. The first kappa shape index (κ1) is 21.0. The highest BCUT2D eigenvalue weighted by atomic mass is 16.5. The van der Waals surface area contributed by atoms with Gasteiger partial charge in [-0.25, -0.2) is 0 Å². The normalized spacial score (nSPS) is 21.3. The lowest BCUT2D eigenvalue weighted by Gasteiger charge is -2.27. The number of ether oxygens (including phenoxy) is 1. The number of hydrogen-bond acceptors (Lipinski definition) is 2. The van der Waals surface area contributed by atoms with Crippen LogP contribution in [0.5, 0.6) is 5.75 Å². The second-order valence-electron chi connectivity index (χ2n) is 9.29. The summed E-state index contributed by atoms with van der Waals surface area (Å²) in [5.74, 6) is 2.66. The molecule has 2 aliphatic rings. The minimum absolute atomic E-state index is 0.269. The molecular formula is C27H35NO2. The van der Waals surface area contributed by atoms with Crippen LogP contribution in [-0.2, 0) is 4.79 Å². The van der Waals surface area contributed by atoms with E-state index >= 15 is 0 Å². The fraction of sp³-hybridized carbons (Fsp3) is 0.519. The second kappa shape index (κ2) is 9.24. The maximum Gasteiger partial charge on any atom is 0.225 e. The van der Waals surface area contributed by atoms with E-state index in [2.05, 4.69) is 37.3 Å². The molecule has 0 bridgehead atoms. The Morgan fingerprint density at radius 1 is 1.00 bits per heavy atom. The van der Waals surface area contributed by atoms with Crippen LogP contribution in [0, 0.1) is 5.92 Å². The molecule has 2 aliphatic carbocycles. The van der Waals surface area contributed by atoms with Crippen molar-refractivity contribution in [3.05, 3.63) is 53.6 Å². The summed E-state index contributed by atoms with van der Waals surface area (Å²) in [6, 6.07) is 15.3. The lowest BCUT2D eigenvalue weighted by molar-refractivity contribution is -0.135. The molecule has 2 aromatic rings. The average Bonchev–Trinajstić information content (AvgIpc) is 3.12. The van der Waals surface area contributed by atoms with E-state index < -0.39 is 0 Å². The Morgan fingerprint density at radius 3 is 2.40 bits per heavy atom. The van der Waals surface area contributed by atoms with Gasteiger partial charge in [0, 0.05) is 19.5 Å². The van der Waals surface area contributed by atoms with Crippen molar-refractivity contribution in [3.8, 4) is 16.9 Å². The quantitative estimate of drug-likeness (QED) is 0.558. The minimum Gasteiger partial charge on any atom is -0.497 e. The SMILES string of the molecule is COc1ccc(-c2ccc3c(c2)[C@H](C)C[C@H]3CCN(C)C(=O)C2CCCCC2)cc1. The first-order valence-electron chi connectivity index (χ1n) is 11.6. The highest BCUT2D eigenvalue weighted by Gasteiger charge is 2.30. The summed E-state index contributed by atoms with van der Waals surface area (Å²) in [5, 5.41) is 0. The van der Waals surface area contributed by atoms with Crippen LogP contribution in [0.1, 0.15) is 74.8 Å². The van der Waals surface area contributed by atoms with Gasteiger partial charge >= 0.3 is 0 Å². The molecule has 3 heteroatoms. The molecule has 3 nitrogen and oxygen atoms in total. The van der Waals surface area contributed by atoms with E-state index in [4.69, 9.17) is 4.74 Å². The zero-order valence-electron chi connectivity index (χ0n) is 18.7. The molecule has 4 rings (SSSR count). The molecule has 2 atom stereocenters. The maximum absolute atomic E-state index is 12.8. The molecule has 0 saturated heterocycles. The molecule has 0 spiro atoms. The topological polar surface area (TPSA) is 29.5 Å². The van der Waals surface area contributed by atoms with E-state index in [1.54, 1.807) is 7.11 Å². The molecule has 0 aliphatic heterocycles. The Bertz CT molecular complexity index is 867. The van der Waals surface area contributed by atoms with Crippen molar-refractivity contribution in [1.29, 1.82) is 0 Å². The predicted molar refractivity (Wildman–Crippen MR) is 123 cm³/mol. The van der Waals surface area contributed by atoms with Crippen LogP contribution in [0.3, 0.4) is 0 Å². The van der Waals surface area contributed by atoms with Gasteiger partial charge in [-0.1, -0.05) is 56.5 Å². The highest BCUT2D eigenvalue weighted by molar-refractivity contribution is 5.78. The van der Waals surface area contributed by atoms with Gasteiger partial charge in [-0.2, -0.15) is 0 Å². The summed E-state index contributed by atoms with van der Waals surface area (Å²) in [7, 11) is 3.70. The molecule has 160 valence electrons. The highest BCUT2D eigenvalue weighted by Crippen LogP contribution is 2.44. The number of benzene rings is 2. The third-order valence-corrected chi connectivity index (χ3v) is 7.26. The Morgan fingerprint density at radius 2 is 1.70 bits per heavy atom. The van der Waals surface area contributed by atoms with Gasteiger partial charge in [-0.3, -0.25) is 4.79 Å². The zero-order valence-corrected chi connectivity index (χ0v) is 18.7. The van der Waals surface area contributed by atoms with Crippen molar-refractivity contribution in [1.82, 2.24) is 4.90 Å². The van der Waals surface area contributed by atoms with Crippen LogP contribution >= 0.6 is 0 Å². The lowest BCUT2D eigenvalue weighted by Crippen LogP contribution is -2.35. The molecule has 2 aromatic carbocycles. The third kappa shape index (κ3) is 4.40. The summed E-state index contributed by atoms with van der Waals surface area (Å²) in [6.45, 7) is 3.21. The summed E-state index contributed by atoms with van der Waals surface area (Å²) in [4.78, 5) is 14.8. The number of hydrogen-bond donors (Lipinski definition) is 0. The van der Waals surface area contributed by atoms with Crippen LogP contribution in [0.4, 0.5) is 0 Å². The summed E-state index contributed by atoms with van der Waals surface area (Å²) >= 11 is 0. The number of fused-ring (bicyclic) bond motifs is 1. The standard InChI is InChI=1S/C27H35NO2/c1-19-17-23(15-16-28(2)27(29)21-7-5-4-6-8-21)25-14-11-22(18-26(19)25)20-9-12-24(30-3)13-10-20/h9-14,18-19,21,23H,4-8,15-17H2,1-3H3/t19-,23-/m1/s1. The van der Waals surface area contributed by atoms with Gasteiger partial charge in [0.15, 0.2) is 0 Å². The predicted octanol–water partition coefficient (Wildman–Crippen LogP) is 6.38. The number of amides is 1. The van der Waals surface area contributed by atoms with E-state index in [1.807, 2.05) is 24.1 Å². The lowest BCUT2D eigenvalue weighted by atomic mass is 9.88. The van der Waals surface area contributed by atoms with E-state index in [0.29, 0.717) is 17.7 Å². The molecule has 0 unspecified atom stereocenters. The Hall–Kier alpha value is -2.29. The molecule has 0 radical (unpaired) electrons. The first-order chi connectivity index (χ1) is 14.6. The number of carbonyl (C=O) groups excluding carboxylic acids is 1. The van der Waals surface area contributed by atoms with Gasteiger partial charge in [0.25, 0.3) is 0 Å². The van der Waals surface area contributed by atoms with Crippen LogP contribution in [0.15, 0.2) is 42.5 Å². The Balaban J connectivity index is 1.42. The smallest absolute Gasteiger partial charge is 0.225 e. The number of rotatable bonds is 6. The van der Waals surface area contributed by atoms with Gasteiger partial charge in [0.1, 0.15) is 5.75 Å². The second-order valence-corrected chi connectivity index (χ2v) is 9.29. The molecule has 1 amide bonds. The molecule has 1 fully saturated rings.